The van der Waals surface area contributed by atoms with E-state index in [0.717, 1.165) is 96.6 Å². The quantitative estimate of drug-likeness (QED) is 0.0632. The van der Waals surface area contributed by atoms with E-state index in [4.69, 9.17) is 21.1 Å². The van der Waals surface area contributed by atoms with Crippen molar-refractivity contribution in [2.24, 2.45) is 16.7 Å². The predicted molar refractivity (Wildman–Crippen MR) is 285 cm³/mol. The number of likely N-dealkylation sites (tertiary alicyclic amines) is 1. The molecule has 75 heavy (non-hydrogen) atoms. The fourth-order valence-corrected chi connectivity index (χ4v) is 14.2. The van der Waals surface area contributed by atoms with Crippen LogP contribution < -0.4 is 25.2 Å². The lowest BCUT2D eigenvalue weighted by molar-refractivity contribution is -0.120. The number of imide groups is 1. The lowest BCUT2D eigenvalue weighted by Gasteiger charge is -2.47. The van der Waals surface area contributed by atoms with E-state index in [0.29, 0.717) is 75.2 Å². The topological polar surface area (TPSA) is 160 Å². The summed E-state index contributed by atoms with van der Waals surface area (Å²) in [5, 5.41) is 18.6. The Labute approximate surface area is 440 Å². The number of phenols is 1. The number of urea groups is 1. The molecule has 0 radical (unpaired) electrons. The van der Waals surface area contributed by atoms with Crippen molar-refractivity contribution in [3.05, 3.63) is 71.4 Å². The summed E-state index contributed by atoms with van der Waals surface area (Å²) in [7, 11) is 1.53. The lowest BCUT2D eigenvalue weighted by atomic mass is 9.65. The van der Waals surface area contributed by atoms with Crippen LogP contribution in [-0.2, 0) is 4.79 Å². The Morgan fingerprint density at radius 1 is 0.907 bits per heavy atom. The Balaban J connectivity index is 0.656. The summed E-state index contributed by atoms with van der Waals surface area (Å²) in [6.45, 7) is 9.49. The van der Waals surface area contributed by atoms with Gasteiger partial charge in [-0.2, -0.15) is 0 Å². The number of piperazine rings is 2. The number of fused-ring (bicyclic) bond motifs is 4. The fourth-order valence-electron chi connectivity index (χ4n) is 13.1. The molecule has 2 saturated carbocycles. The van der Waals surface area contributed by atoms with Crippen LogP contribution in [0.25, 0.3) is 32.9 Å². The Morgan fingerprint density at radius 2 is 1.65 bits per heavy atom. The number of aromatic hydroxyl groups is 1. The zero-order chi connectivity index (χ0) is 51.6. The highest BCUT2D eigenvalue weighted by molar-refractivity contribution is 7.99. The first kappa shape index (κ1) is 49.7. The highest BCUT2D eigenvalue weighted by Gasteiger charge is 2.45. The monoisotopic (exact) mass is 1040 g/mol. The van der Waals surface area contributed by atoms with Crippen LogP contribution in [0.15, 0.2) is 53.8 Å². The zero-order valence-corrected chi connectivity index (χ0v) is 43.3. The van der Waals surface area contributed by atoms with Crippen molar-refractivity contribution in [1.82, 2.24) is 40.3 Å². The molecule has 4 amide bonds. The third-order valence-electron chi connectivity index (χ3n) is 17.7. The lowest BCUT2D eigenvalue weighted by Crippen LogP contribution is -2.51. The molecule has 2 unspecified atom stereocenters. The van der Waals surface area contributed by atoms with Crippen LogP contribution in [0.2, 0.25) is 0 Å². The van der Waals surface area contributed by atoms with E-state index in [-0.39, 0.29) is 63.7 Å². The van der Waals surface area contributed by atoms with Gasteiger partial charge in [0.2, 0.25) is 5.91 Å². The first-order chi connectivity index (χ1) is 36.4. The highest BCUT2D eigenvalue weighted by atomic mass is 32.2. The van der Waals surface area contributed by atoms with Crippen LogP contribution in [-0.4, -0.2) is 150 Å². The molecule has 2 aliphatic carbocycles. The SMILES string of the molecule is C#Cc1c(F)ccc2cc(O)cc(-c3ncc4c(N5CC6CCC(C5)N6)nc(SCC5(CN6CCN(CC7CCC8(CC7)CCN(C(=O)c7ccc(OC)c(N9CCC(=O)NC9=O)c7)CC8)CC6)CC5)nc4c3F)c12. The van der Waals surface area contributed by atoms with E-state index in [1.807, 2.05) is 4.90 Å². The molecule has 392 valence electrons. The van der Waals surface area contributed by atoms with E-state index in [1.165, 1.54) is 62.0 Å². The van der Waals surface area contributed by atoms with Crippen molar-refractivity contribution in [2.75, 3.05) is 94.7 Å². The van der Waals surface area contributed by atoms with Gasteiger partial charge in [-0.1, -0.05) is 23.7 Å². The fraction of sp³-hybridized carbons (Fsp3) is 0.509. The van der Waals surface area contributed by atoms with Crippen LogP contribution in [0, 0.1) is 40.7 Å². The van der Waals surface area contributed by atoms with Crippen molar-refractivity contribution in [3.63, 3.8) is 0 Å². The van der Waals surface area contributed by atoms with Crippen LogP contribution >= 0.6 is 11.8 Å². The number of rotatable bonds is 12. The molecular weight excluding hydrogens is 975 g/mol. The molecule has 7 heterocycles. The number of carbonyl (C=O) groups is 3. The molecule has 7 fully saturated rings. The van der Waals surface area contributed by atoms with E-state index in [9.17, 15) is 19.5 Å². The number of methoxy groups -OCH3 is 1. The first-order valence-electron chi connectivity index (χ1n) is 26.8. The van der Waals surface area contributed by atoms with Gasteiger partial charge >= 0.3 is 6.03 Å². The smallest absolute Gasteiger partial charge is 0.328 e. The second kappa shape index (κ2) is 20.1. The molecule has 5 aromatic rings. The normalized spacial score (nSPS) is 23.0. The molecular formula is C57H64F2N10O5S. The van der Waals surface area contributed by atoms with Gasteiger partial charge in [0, 0.05) is 119 Å². The maximum absolute atomic E-state index is 17.2. The number of carbonyl (C=O) groups excluding carboxylic acids is 3. The van der Waals surface area contributed by atoms with Crippen LogP contribution in [0.3, 0.4) is 0 Å². The third kappa shape index (κ3) is 9.85. The van der Waals surface area contributed by atoms with Gasteiger partial charge in [-0.05, 0) is 123 Å². The minimum Gasteiger partial charge on any atom is -0.508 e. The molecule has 12 rings (SSSR count). The Hall–Kier alpha value is -6.13. The number of pyridine rings is 1. The zero-order valence-electron chi connectivity index (χ0n) is 42.5. The summed E-state index contributed by atoms with van der Waals surface area (Å²) in [5.41, 5.74) is 1.70. The van der Waals surface area contributed by atoms with Gasteiger partial charge in [-0.25, -0.2) is 23.5 Å². The number of benzene rings is 3. The molecule has 1 spiro atoms. The van der Waals surface area contributed by atoms with Gasteiger partial charge in [0.25, 0.3) is 5.91 Å². The number of piperidine rings is 1. The van der Waals surface area contributed by atoms with Crippen LogP contribution in [0.5, 0.6) is 11.5 Å². The molecule has 3 N–H and O–H groups in total. The molecule has 2 bridgehead atoms. The number of halogens is 2. The number of aromatic nitrogens is 3. The molecule has 5 aliphatic heterocycles. The van der Waals surface area contributed by atoms with Crippen molar-refractivity contribution < 1.29 is 33.0 Å². The predicted octanol–water partition coefficient (Wildman–Crippen LogP) is 7.81. The summed E-state index contributed by atoms with van der Waals surface area (Å²) < 4.78 is 37.8. The number of hydrogen-bond acceptors (Lipinski definition) is 13. The van der Waals surface area contributed by atoms with E-state index >= 15 is 8.78 Å². The summed E-state index contributed by atoms with van der Waals surface area (Å²) in [6, 6.07) is 11.0. The molecule has 15 nitrogen and oxygen atoms in total. The number of amides is 4. The average Bonchev–Trinajstić information content (AvgIpc) is 4.11. The van der Waals surface area contributed by atoms with Gasteiger partial charge in [-0.15, -0.1) is 6.42 Å². The molecule has 2 aromatic heterocycles. The van der Waals surface area contributed by atoms with Crippen LogP contribution in [0.4, 0.5) is 25.1 Å². The maximum Gasteiger partial charge on any atom is 0.328 e. The van der Waals surface area contributed by atoms with Gasteiger partial charge in [0.1, 0.15) is 34.3 Å². The summed E-state index contributed by atoms with van der Waals surface area (Å²) in [5.74, 6) is 3.36. The Morgan fingerprint density at radius 3 is 2.36 bits per heavy atom. The number of terminal acetylenes is 1. The minimum absolute atomic E-state index is 0.0170. The van der Waals surface area contributed by atoms with E-state index in [1.54, 1.807) is 36.2 Å². The van der Waals surface area contributed by atoms with Crippen LogP contribution in [0.1, 0.15) is 86.6 Å². The minimum atomic E-state index is -0.661. The number of phenolic OH excluding ortho intramolecular Hbond substituents is 1. The number of anilines is 2. The number of ether oxygens (including phenoxy) is 1. The Kier molecular flexibility index (Phi) is 13.3. The van der Waals surface area contributed by atoms with Gasteiger partial charge < -0.3 is 34.8 Å². The first-order valence-corrected chi connectivity index (χ1v) is 27.8. The molecule has 5 saturated heterocycles. The third-order valence-corrected chi connectivity index (χ3v) is 18.9. The van der Waals surface area contributed by atoms with E-state index < -0.39 is 17.7 Å². The highest BCUT2D eigenvalue weighted by Crippen LogP contribution is 2.51. The number of thioether (sulfide) groups is 1. The van der Waals surface area contributed by atoms with Crippen molar-refractivity contribution in [3.8, 4) is 35.1 Å². The van der Waals surface area contributed by atoms with Crippen molar-refractivity contribution >= 4 is 62.8 Å². The van der Waals surface area contributed by atoms with Crippen molar-refractivity contribution in [1.29, 1.82) is 0 Å². The second-order valence-corrected chi connectivity index (χ2v) is 23.4. The van der Waals surface area contributed by atoms with Gasteiger partial charge in [0.05, 0.1) is 23.7 Å². The molecule has 18 heteroatoms. The average molecular weight is 1040 g/mol. The standard InChI is InChI=1S/C57H64F2N10O5S/c1-3-41-44(58)8-4-36-26-40(70)28-42(48(36)41)50-49(59)51-43(29-60-50)52(68-31-38-6-7-39(32-68)61-38)64-54(63-51)75-34-57(15-16-57)33-66-24-22-65(23-25-66)30-35-10-13-56(14-11-35)17-20-67(21-18-56)53(72)37-5-9-46(74-2)45(27-37)69-19-12-47(71)62-55(69)73/h1,4-5,8-9,26-29,35,38-39,61,70H,6-7,10-25,30-34H2,2H3,(H,62,71,73). The number of nitrogens with one attached hydrogen (secondary N) is 2. The molecule has 3 aromatic carbocycles. The van der Waals surface area contributed by atoms with Crippen molar-refractivity contribution in [2.45, 2.75) is 87.9 Å². The summed E-state index contributed by atoms with van der Waals surface area (Å²) in [4.78, 5) is 63.9. The van der Waals surface area contributed by atoms with E-state index in [2.05, 4.69) is 36.2 Å². The Bertz CT molecular complexity index is 3110. The second-order valence-electron chi connectivity index (χ2n) is 22.5. The maximum atomic E-state index is 17.2. The number of hydrogen-bond donors (Lipinski definition) is 3. The summed E-state index contributed by atoms with van der Waals surface area (Å²) >= 11 is 1.60. The largest absolute Gasteiger partial charge is 0.508 e. The molecule has 2 atom stereocenters. The van der Waals surface area contributed by atoms with Gasteiger partial charge in [0.15, 0.2) is 11.0 Å². The number of nitrogens with zero attached hydrogens (tertiary/aromatic N) is 8. The van der Waals surface area contributed by atoms with Gasteiger partial charge in [-0.3, -0.25) is 24.8 Å². The summed E-state index contributed by atoms with van der Waals surface area (Å²) in [6.07, 6.45) is 18.8. The molecule has 7 aliphatic rings.